The predicted molar refractivity (Wildman–Crippen MR) is 96.1 cm³/mol. The number of hydrogen-bond donors (Lipinski definition) is 1. The topological polar surface area (TPSA) is 89.9 Å². The molecule has 2 heterocycles. The summed E-state index contributed by atoms with van der Waals surface area (Å²) in [6, 6.07) is 8.69. The van der Waals surface area contributed by atoms with Gasteiger partial charge >= 0.3 is 11.7 Å². The second kappa shape index (κ2) is 7.11. The number of nitrogens with zero attached hydrogens (tertiary/aromatic N) is 3. The van der Waals surface area contributed by atoms with E-state index in [0.29, 0.717) is 29.3 Å². The predicted octanol–water partition coefficient (Wildman–Crippen LogP) is 2.92. The van der Waals surface area contributed by atoms with Crippen LogP contribution in [0.1, 0.15) is 42.5 Å². The number of imidazole rings is 1. The third-order valence-corrected chi connectivity index (χ3v) is 4.83. The highest BCUT2D eigenvalue weighted by Gasteiger charge is 2.19. The summed E-state index contributed by atoms with van der Waals surface area (Å²) in [5.41, 5.74) is 1.05. The Labute approximate surface area is 150 Å². The van der Waals surface area contributed by atoms with Crippen LogP contribution in [-0.2, 0) is 6.54 Å². The molecule has 134 valence electrons. The molecule has 1 aliphatic carbocycles. The van der Waals surface area contributed by atoms with Gasteiger partial charge in [-0.15, -0.1) is 0 Å². The van der Waals surface area contributed by atoms with Crippen molar-refractivity contribution in [3.63, 3.8) is 0 Å². The van der Waals surface area contributed by atoms with Crippen LogP contribution >= 0.6 is 0 Å². The summed E-state index contributed by atoms with van der Waals surface area (Å²) in [6.45, 7) is 0.615. The maximum atomic E-state index is 12.3. The van der Waals surface area contributed by atoms with E-state index in [1.54, 1.807) is 28.8 Å². The van der Waals surface area contributed by atoms with Gasteiger partial charge in [0.05, 0.1) is 11.8 Å². The minimum atomic E-state index is -0.504. The molecule has 7 heteroatoms. The highest BCUT2D eigenvalue weighted by molar-refractivity contribution is 5.90. The summed E-state index contributed by atoms with van der Waals surface area (Å²) >= 11 is 0. The van der Waals surface area contributed by atoms with Gasteiger partial charge in [0.15, 0.2) is 11.3 Å². The molecule has 0 atom stereocenters. The summed E-state index contributed by atoms with van der Waals surface area (Å²) < 4.78 is 6.93. The van der Waals surface area contributed by atoms with Crippen molar-refractivity contribution in [1.29, 1.82) is 0 Å². The van der Waals surface area contributed by atoms with Gasteiger partial charge in [0.2, 0.25) is 5.88 Å². The van der Waals surface area contributed by atoms with E-state index in [1.807, 2.05) is 6.07 Å². The van der Waals surface area contributed by atoms with Crippen molar-refractivity contribution < 1.29 is 9.53 Å². The maximum Gasteiger partial charge on any atom is 0.344 e. The first-order chi connectivity index (χ1) is 12.7. The number of nitrogens with one attached hydrogen (secondary N) is 1. The van der Waals surface area contributed by atoms with E-state index < -0.39 is 5.97 Å². The Bertz CT molecular complexity index is 971. The van der Waals surface area contributed by atoms with E-state index in [9.17, 15) is 9.59 Å². The van der Waals surface area contributed by atoms with Gasteiger partial charge in [-0.05, 0) is 30.9 Å². The molecule has 1 N–H and O–H groups in total. The van der Waals surface area contributed by atoms with Crippen molar-refractivity contribution in [1.82, 2.24) is 19.5 Å². The van der Waals surface area contributed by atoms with E-state index in [1.165, 1.54) is 25.5 Å². The number of carbonyl (C=O) groups is 1. The normalized spacial score (nSPS) is 15.2. The minimum absolute atomic E-state index is 0.0859. The molecule has 0 spiro atoms. The van der Waals surface area contributed by atoms with Crippen LogP contribution in [0.3, 0.4) is 0 Å². The Morgan fingerprint density at radius 2 is 1.96 bits per heavy atom. The number of benzene rings is 1. The van der Waals surface area contributed by atoms with Gasteiger partial charge in [0.25, 0.3) is 0 Å². The first-order valence-electron chi connectivity index (χ1n) is 8.93. The average Bonchev–Trinajstić information content (AvgIpc) is 2.98. The zero-order valence-electron chi connectivity index (χ0n) is 14.4. The Kier molecular flexibility index (Phi) is 4.51. The molecule has 1 saturated carbocycles. The number of aromatic amines is 1. The van der Waals surface area contributed by atoms with Crippen LogP contribution in [0.5, 0.6) is 5.88 Å². The summed E-state index contributed by atoms with van der Waals surface area (Å²) in [5, 5.41) is 0. The molecular weight excluding hydrogens is 332 g/mol. The largest absolute Gasteiger partial charge is 0.402 e. The van der Waals surface area contributed by atoms with Gasteiger partial charge in [0.1, 0.15) is 0 Å². The molecule has 7 nitrogen and oxygen atoms in total. The highest BCUT2D eigenvalue weighted by atomic mass is 16.5. The number of hydrogen-bond acceptors (Lipinski definition) is 5. The van der Waals surface area contributed by atoms with Crippen molar-refractivity contribution in [2.75, 3.05) is 0 Å². The summed E-state index contributed by atoms with van der Waals surface area (Å²) in [7, 11) is 0. The van der Waals surface area contributed by atoms with Crippen molar-refractivity contribution in [2.45, 2.75) is 38.6 Å². The minimum Gasteiger partial charge on any atom is -0.402 e. The molecule has 0 aliphatic heterocycles. The van der Waals surface area contributed by atoms with Crippen LogP contribution < -0.4 is 10.4 Å². The average molecular weight is 352 g/mol. The molecule has 0 bridgehead atoms. The van der Waals surface area contributed by atoms with Gasteiger partial charge in [0, 0.05) is 6.54 Å². The molecule has 0 amide bonds. The monoisotopic (exact) mass is 352 g/mol. The lowest BCUT2D eigenvalue weighted by molar-refractivity contribution is 0.0727. The number of fused-ring (bicyclic) bond motifs is 1. The van der Waals surface area contributed by atoms with E-state index in [2.05, 4.69) is 15.0 Å². The fraction of sp³-hybridized carbons (Fsp3) is 0.368. The lowest BCUT2D eigenvalue weighted by Gasteiger charge is -2.21. The lowest BCUT2D eigenvalue weighted by Crippen LogP contribution is -2.23. The number of rotatable bonds is 4. The zero-order chi connectivity index (χ0) is 17.9. The highest BCUT2D eigenvalue weighted by Crippen LogP contribution is 2.25. The quantitative estimate of drug-likeness (QED) is 0.729. The number of esters is 1. The van der Waals surface area contributed by atoms with Gasteiger partial charge < -0.3 is 4.74 Å². The molecule has 0 unspecified atom stereocenters. The van der Waals surface area contributed by atoms with Crippen molar-refractivity contribution in [3.8, 4) is 5.88 Å². The third-order valence-electron chi connectivity index (χ3n) is 4.83. The summed E-state index contributed by atoms with van der Waals surface area (Å²) in [4.78, 5) is 35.7. The molecule has 1 aromatic carbocycles. The zero-order valence-corrected chi connectivity index (χ0v) is 14.4. The molecular formula is C19H20N4O3. The third kappa shape index (κ3) is 3.37. The van der Waals surface area contributed by atoms with Crippen molar-refractivity contribution >= 4 is 17.3 Å². The standard InChI is InChI=1S/C19H20N4O3/c24-18(14-9-5-2-6-10-14)26-15-11-20-16-17(21-15)23(19(25)22-16)12-13-7-3-1-4-8-13/h2,5-6,9-11,13H,1,3-4,7-8,12H2,(H,20,22,25). The number of H-pyrrole nitrogens is 1. The fourth-order valence-corrected chi connectivity index (χ4v) is 3.48. The summed E-state index contributed by atoms with van der Waals surface area (Å²) in [6.07, 6.45) is 7.26. The second-order valence-electron chi connectivity index (χ2n) is 6.68. The first-order valence-corrected chi connectivity index (χ1v) is 8.93. The van der Waals surface area contributed by atoms with Crippen molar-refractivity contribution in [3.05, 3.63) is 52.6 Å². The van der Waals surface area contributed by atoms with Crippen LogP contribution in [0, 0.1) is 5.92 Å². The SMILES string of the molecule is O=C(Oc1cnc2[nH]c(=O)n(CC3CCCCC3)c2n1)c1ccccc1. The second-order valence-corrected chi connectivity index (χ2v) is 6.68. The van der Waals surface area contributed by atoms with E-state index in [4.69, 9.17) is 4.74 Å². The number of aromatic nitrogens is 4. The Hall–Kier alpha value is -2.96. The van der Waals surface area contributed by atoms with Crippen LogP contribution in [0.2, 0.25) is 0 Å². The fourth-order valence-electron chi connectivity index (χ4n) is 3.48. The van der Waals surface area contributed by atoms with Gasteiger partial charge in [-0.3, -0.25) is 9.55 Å². The number of ether oxygens (including phenoxy) is 1. The molecule has 0 radical (unpaired) electrons. The molecule has 3 aromatic rings. The molecule has 1 aliphatic rings. The van der Waals surface area contributed by atoms with Crippen LogP contribution in [-0.4, -0.2) is 25.5 Å². The van der Waals surface area contributed by atoms with E-state index in [-0.39, 0.29) is 11.6 Å². The maximum absolute atomic E-state index is 12.3. The van der Waals surface area contributed by atoms with Crippen molar-refractivity contribution in [2.24, 2.45) is 5.92 Å². The first kappa shape index (κ1) is 16.5. The van der Waals surface area contributed by atoms with Gasteiger partial charge in [-0.25, -0.2) is 14.6 Å². The Morgan fingerprint density at radius 3 is 2.73 bits per heavy atom. The van der Waals surface area contributed by atoms with Gasteiger partial charge in [-0.2, -0.15) is 4.98 Å². The summed E-state index contributed by atoms with van der Waals surface area (Å²) in [5.74, 6) is 0.0523. The molecule has 1 fully saturated rings. The van der Waals surface area contributed by atoms with Gasteiger partial charge in [-0.1, -0.05) is 37.5 Å². The van der Waals surface area contributed by atoms with Crippen LogP contribution in [0.4, 0.5) is 0 Å². The Balaban J connectivity index is 1.60. The lowest BCUT2D eigenvalue weighted by atomic mass is 9.89. The van der Waals surface area contributed by atoms with Crippen LogP contribution in [0.25, 0.3) is 11.3 Å². The van der Waals surface area contributed by atoms with E-state index in [0.717, 1.165) is 12.8 Å². The molecule has 0 saturated heterocycles. The molecule has 2 aromatic heterocycles. The number of carbonyl (C=O) groups excluding carboxylic acids is 1. The molecule has 4 rings (SSSR count). The van der Waals surface area contributed by atoms with E-state index >= 15 is 0 Å². The Morgan fingerprint density at radius 1 is 1.19 bits per heavy atom. The van der Waals surface area contributed by atoms with Crippen LogP contribution in [0.15, 0.2) is 41.3 Å². The molecule has 26 heavy (non-hydrogen) atoms. The smallest absolute Gasteiger partial charge is 0.344 e.